The van der Waals surface area contributed by atoms with Gasteiger partial charge in [-0.15, -0.1) is 0 Å². The Morgan fingerprint density at radius 2 is 1.85 bits per heavy atom. The third-order valence-electron chi connectivity index (χ3n) is 4.70. The number of hydrogen-bond donors (Lipinski definition) is 0. The smallest absolute Gasteiger partial charge is 0.255 e. The van der Waals surface area contributed by atoms with Crippen LogP contribution in [0.1, 0.15) is 15.9 Å². The second-order valence-corrected chi connectivity index (χ2v) is 6.64. The number of fused-ring (bicyclic) bond motifs is 1. The second kappa shape index (κ2) is 7.84. The zero-order chi connectivity index (χ0) is 18.6. The van der Waals surface area contributed by atoms with Crippen molar-refractivity contribution < 1.29 is 19.0 Å². The third kappa shape index (κ3) is 3.98. The first-order valence-corrected chi connectivity index (χ1v) is 9.13. The molecule has 1 aromatic heterocycles. The lowest BCUT2D eigenvalue weighted by molar-refractivity contribution is 0.0784. The van der Waals surface area contributed by atoms with Crippen LogP contribution < -0.4 is 14.4 Å². The molecule has 0 unspecified atom stereocenters. The Morgan fingerprint density at radius 3 is 2.59 bits per heavy atom. The SMILES string of the molecule is CN(Cc1ccc2c(c1)OCCO2)C(=O)c1ccc(N2CCOCC2)nc1. The number of ether oxygens (including phenoxy) is 3. The molecule has 1 amide bonds. The number of carbonyl (C=O) groups is 1. The van der Waals surface area contributed by atoms with Crippen LogP contribution in [0.25, 0.3) is 0 Å². The topological polar surface area (TPSA) is 64.1 Å². The Bertz CT molecular complexity index is 803. The molecule has 7 nitrogen and oxygen atoms in total. The minimum Gasteiger partial charge on any atom is -0.486 e. The second-order valence-electron chi connectivity index (χ2n) is 6.64. The van der Waals surface area contributed by atoms with Gasteiger partial charge in [-0.05, 0) is 29.8 Å². The van der Waals surface area contributed by atoms with E-state index in [1.807, 2.05) is 30.3 Å². The molecule has 4 rings (SSSR count). The summed E-state index contributed by atoms with van der Waals surface area (Å²) in [6.07, 6.45) is 1.65. The standard InChI is InChI=1S/C20H23N3O4/c1-22(14-15-2-4-17-18(12-15)27-11-10-26-17)20(24)16-3-5-19(21-13-16)23-6-8-25-9-7-23/h2-5,12-13H,6-11,14H2,1H3. The van der Waals surface area contributed by atoms with Crippen molar-refractivity contribution in [3.8, 4) is 11.5 Å². The lowest BCUT2D eigenvalue weighted by Crippen LogP contribution is -2.36. The third-order valence-corrected chi connectivity index (χ3v) is 4.70. The molecule has 0 bridgehead atoms. The van der Waals surface area contributed by atoms with Gasteiger partial charge in [0.1, 0.15) is 19.0 Å². The normalized spacial score (nSPS) is 16.1. The zero-order valence-electron chi connectivity index (χ0n) is 15.4. The summed E-state index contributed by atoms with van der Waals surface area (Å²) < 4.78 is 16.5. The van der Waals surface area contributed by atoms with Gasteiger partial charge in [0.05, 0.1) is 18.8 Å². The first-order valence-electron chi connectivity index (χ1n) is 9.13. The molecule has 0 atom stereocenters. The molecule has 1 saturated heterocycles. The van der Waals surface area contributed by atoms with Gasteiger partial charge in [-0.2, -0.15) is 0 Å². The van der Waals surface area contributed by atoms with Gasteiger partial charge in [-0.3, -0.25) is 4.79 Å². The molecule has 2 aliphatic rings. The lowest BCUT2D eigenvalue weighted by atomic mass is 10.1. The molecule has 7 heteroatoms. The number of pyridine rings is 1. The van der Waals surface area contributed by atoms with Crippen LogP contribution in [-0.4, -0.2) is 62.4 Å². The Hall–Kier alpha value is -2.80. The summed E-state index contributed by atoms with van der Waals surface area (Å²) in [4.78, 5) is 21.0. The number of morpholine rings is 1. The average molecular weight is 369 g/mol. The summed E-state index contributed by atoms with van der Waals surface area (Å²) in [5.74, 6) is 2.30. The first kappa shape index (κ1) is 17.6. The van der Waals surface area contributed by atoms with Crippen LogP contribution in [0.5, 0.6) is 11.5 Å². The first-order chi connectivity index (χ1) is 13.2. The predicted octanol–water partition coefficient (Wildman–Crippen LogP) is 1.96. The van der Waals surface area contributed by atoms with Crippen molar-refractivity contribution in [2.24, 2.45) is 0 Å². The minimum absolute atomic E-state index is 0.0640. The van der Waals surface area contributed by atoms with E-state index >= 15 is 0 Å². The van der Waals surface area contributed by atoms with Gasteiger partial charge in [-0.1, -0.05) is 6.07 Å². The molecule has 1 aromatic carbocycles. The highest BCUT2D eigenvalue weighted by Gasteiger charge is 2.17. The van der Waals surface area contributed by atoms with E-state index in [0.29, 0.717) is 38.5 Å². The summed E-state index contributed by atoms with van der Waals surface area (Å²) >= 11 is 0. The van der Waals surface area contributed by atoms with Gasteiger partial charge in [0, 0.05) is 32.9 Å². The summed E-state index contributed by atoms with van der Waals surface area (Å²) in [6, 6.07) is 9.51. The fourth-order valence-corrected chi connectivity index (χ4v) is 3.24. The molecular formula is C20H23N3O4. The molecule has 1 fully saturated rings. The maximum atomic E-state index is 12.7. The monoisotopic (exact) mass is 369 g/mol. The maximum absolute atomic E-state index is 12.7. The predicted molar refractivity (Wildman–Crippen MR) is 100 cm³/mol. The highest BCUT2D eigenvalue weighted by Crippen LogP contribution is 2.31. The molecule has 2 aliphatic heterocycles. The molecule has 2 aromatic rings. The van der Waals surface area contributed by atoms with E-state index in [1.54, 1.807) is 18.1 Å². The number of benzene rings is 1. The van der Waals surface area contributed by atoms with Crippen molar-refractivity contribution in [2.75, 3.05) is 51.5 Å². The Kier molecular flexibility index (Phi) is 5.11. The number of rotatable bonds is 4. The molecule has 27 heavy (non-hydrogen) atoms. The molecule has 0 saturated carbocycles. The Labute approximate surface area is 158 Å². The van der Waals surface area contributed by atoms with E-state index in [-0.39, 0.29) is 5.91 Å². The largest absolute Gasteiger partial charge is 0.486 e. The van der Waals surface area contributed by atoms with Crippen molar-refractivity contribution in [1.29, 1.82) is 0 Å². The molecule has 142 valence electrons. The number of anilines is 1. The van der Waals surface area contributed by atoms with Crippen molar-refractivity contribution in [3.63, 3.8) is 0 Å². The van der Waals surface area contributed by atoms with Crippen LogP contribution in [0.4, 0.5) is 5.82 Å². The van der Waals surface area contributed by atoms with E-state index in [9.17, 15) is 4.79 Å². The van der Waals surface area contributed by atoms with Gasteiger partial charge in [-0.25, -0.2) is 4.98 Å². The van der Waals surface area contributed by atoms with Crippen LogP contribution in [0.3, 0.4) is 0 Å². The minimum atomic E-state index is -0.0640. The van der Waals surface area contributed by atoms with E-state index < -0.39 is 0 Å². The summed E-state index contributed by atoms with van der Waals surface area (Å²) in [7, 11) is 1.79. The number of carbonyl (C=O) groups excluding carboxylic acids is 1. The fraction of sp³-hybridized carbons (Fsp3) is 0.400. The number of nitrogens with zero attached hydrogens (tertiary/aromatic N) is 3. The highest BCUT2D eigenvalue weighted by atomic mass is 16.6. The van der Waals surface area contributed by atoms with E-state index in [4.69, 9.17) is 14.2 Å². The zero-order valence-corrected chi connectivity index (χ0v) is 15.4. The van der Waals surface area contributed by atoms with Crippen LogP contribution in [0.2, 0.25) is 0 Å². The highest BCUT2D eigenvalue weighted by molar-refractivity contribution is 5.93. The van der Waals surface area contributed by atoms with Crippen molar-refractivity contribution in [1.82, 2.24) is 9.88 Å². The molecular weight excluding hydrogens is 346 g/mol. The summed E-state index contributed by atoms with van der Waals surface area (Å²) in [6.45, 7) is 4.67. The quantitative estimate of drug-likeness (QED) is 0.821. The van der Waals surface area contributed by atoms with E-state index in [0.717, 1.165) is 36.0 Å². The number of hydrogen-bond acceptors (Lipinski definition) is 6. The fourth-order valence-electron chi connectivity index (χ4n) is 3.24. The molecule has 0 spiro atoms. The number of aromatic nitrogens is 1. The molecule has 0 radical (unpaired) electrons. The average Bonchev–Trinajstić information content (AvgIpc) is 2.74. The maximum Gasteiger partial charge on any atom is 0.255 e. The Balaban J connectivity index is 1.41. The summed E-state index contributed by atoms with van der Waals surface area (Å²) in [5, 5.41) is 0. The van der Waals surface area contributed by atoms with Gasteiger partial charge in [0.25, 0.3) is 5.91 Å². The summed E-state index contributed by atoms with van der Waals surface area (Å²) in [5.41, 5.74) is 1.57. The van der Waals surface area contributed by atoms with Crippen molar-refractivity contribution in [3.05, 3.63) is 47.7 Å². The molecule has 0 N–H and O–H groups in total. The lowest BCUT2D eigenvalue weighted by Gasteiger charge is -2.27. The van der Waals surface area contributed by atoms with Crippen LogP contribution in [-0.2, 0) is 11.3 Å². The Morgan fingerprint density at radius 1 is 1.07 bits per heavy atom. The molecule has 0 aliphatic carbocycles. The van der Waals surface area contributed by atoms with Gasteiger partial charge in [0.2, 0.25) is 0 Å². The van der Waals surface area contributed by atoms with Crippen LogP contribution in [0.15, 0.2) is 36.5 Å². The molecule has 3 heterocycles. The van der Waals surface area contributed by atoms with Gasteiger partial charge in [0.15, 0.2) is 11.5 Å². The van der Waals surface area contributed by atoms with Crippen molar-refractivity contribution in [2.45, 2.75) is 6.54 Å². The van der Waals surface area contributed by atoms with Crippen LogP contribution >= 0.6 is 0 Å². The van der Waals surface area contributed by atoms with Crippen LogP contribution in [0, 0.1) is 0 Å². The van der Waals surface area contributed by atoms with Gasteiger partial charge < -0.3 is 24.0 Å². The van der Waals surface area contributed by atoms with E-state index in [1.165, 1.54) is 0 Å². The van der Waals surface area contributed by atoms with E-state index in [2.05, 4.69) is 9.88 Å². The number of amides is 1. The van der Waals surface area contributed by atoms with Crippen molar-refractivity contribution >= 4 is 11.7 Å². The van der Waals surface area contributed by atoms with Gasteiger partial charge >= 0.3 is 0 Å².